The van der Waals surface area contributed by atoms with E-state index in [1.165, 1.54) is 17.8 Å². The minimum Gasteiger partial charge on any atom is -0.476 e. The number of thiazole rings is 1. The molecule has 56 heavy (non-hydrogen) atoms. The molecule has 1 aliphatic heterocycles. The van der Waals surface area contributed by atoms with Gasteiger partial charge in [-0.25, -0.2) is 14.8 Å². The maximum absolute atomic E-state index is 13.6. The topological polar surface area (TPSA) is 142 Å². The Balaban J connectivity index is 0.967. The Labute approximate surface area is 330 Å². The first-order valence-electron chi connectivity index (χ1n) is 19.9. The average molecular weight is 772 g/mol. The van der Waals surface area contributed by atoms with Gasteiger partial charge in [-0.3, -0.25) is 19.6 Å². The third-order valence-corrected chi connectivity index (χ3v) is 13.9. The number of hydrogen-bond donors (Lipinski definition) is 3. The van der Waals surface area contributed by atoms with Crippen LogP contribution in [0, 0.1) is 23.2 Å². The lowest BCUT2D eigenvalue weighted by atomic mass is 9.38. The van der Waals surface area contributed by atoms with Crippen molar-refractivity contribution in [2.45, 2.75) is 104 Å². The van der Waals surface area contributed by atoms with Gasteiger partial charge in [0.25, 0.3) is 5.91 Å². The van der Waals surface area contributed by atoms with E-state index in [-0.39, 0.29) is 39.3 Å². The van der Waals surface area contributed by atoms with Crippen molar-refractivity contribution in [3.8, 4) is 11.1 Å². The number of aromatic carboxylic acids is 1. The number of benzene rings is 2. The first-order valence-corrected chi connectivity index (χ1v) is 20.7. The summed E-state index contributed by atoms with van der Waals surface area (Å²) < 4.78 is 3.07. The van der Waals surface area contributed by atoms with Crippen LogP contribution >= 0.6 is 11.3 Å². The van der Waals surface area contributed by atoms with Gasteiger partial charge in [0.1, 0.15) is 5.82 Å². The van der Waals surface area contributed by atoms with Crippen molar-refractivity contribution >= 4 is 50.3 Å². The Hall–Kier alpha value is -5.10. The molecule has 4 fully saturated rings. The van der Waals surface area contributed by atoms with Gasteiger partial charge in [0.15, 0.2) is 10.8 Å². The van der Waals surface area contributed by atoms with Crippen LogP contribution in [0.1, 0.15) is 110 Å². The number of carbonyl (C=O) groups is 3. The summed E-state index contributed by atoms with van der Waals surface area (Å²) in [6.45, 7) is 10.7. The number of carbonyl (C=O) groups excluding carboxylic acids is 2. The molecule has 4 heterocycles. The summed E-state index contributed by atoms with van der Waals surface area (Å²) in [5.41, 5.74) is 5.67. The first-order chi connectivity index (χ1) is 26.8. The van der Waals surface area contributed by atoms with Gasteiger partial charge in [-0.15, -0.1) is 0 Å². The molecule has 5 aromatic rings. The summed E-state index contributed by atoms with van der Waals surface area (Å²) in [6.07, 6.45) is 10.2. The summed E-state index contributed by atoms with van der Waals surface area (Å²) in [5.74, 6) is -0.618. The molecule has 2 unspecified atom stereocenters. The summed E-state index contributed by atoms with van der Waals surface area (Å²) in [7, 11) is 0. The van der Waals surface area contributed by atoms with Crippen LogP contribution in [0.4, 0.5) is 10.9 Å². The minimum atomic E-state index is -1.10. The lowest BCUT2D eigenvalue weighted by molar-refractivity contribution is -0.174. The van der Waals surface area contributed by atoms with Crippen molar-refractivity contribution < 1.29 is 19.5 Å². The summed E-state index contributed by atoms with van der Waals surface area (Å²) in [6, 6.07) is 17.3. The molecule has 4 saturated carbocycles. The molecule has 2 atom stereocenters. The monoisotopic (exact) mass is 771 g/mol. The fourth-order valence-electron chi connectivity index (χ4n) is 12.1. The van der Waals surface area contributed by atoms with Crippen molar-refractivity contribution in [3.05, 3.63) is 88.9 Å². The highest BCUT2D eigenvalue weighted by Gasteiger charge is 2.66. The maximum Gasteiger partial charge on any atom is 0.355 e. The first kappa shape index (κ1) is 36.5. The third kappa shape index (κ3) is 6.45. The van der Waals surface area contributed by atoms with Gasteiger partial charge < -0.3 is 15.3 Å². The number of anilines is 2. The minimum absolute atomic E-state index is 0.0156. The van der Waals surface area contributed by atoms with Crippen LogP contribution in [0.3, 0.4) is 0 Å². The predicted molar refractivity (Wildman–Crippen MR) is 218 cm³/mol. The molecule has 4 aliphatic carbocycles. The van der Waals surface area contributed by atoms with Gasteiger partial charge in [0, 0.05) is 54.0 Å². The molecule has 2 amide bonds. The summed E-state index contributed by atoms with van der Waals surface area (Å²) in [4.78, 5) is 50.9. The highest BCUT2D eigenvalue weighted by Crippen LogP contribution is 2.71. The van der Waals surface area contributed by atoms with Crippen molar-refractivity contribution in [3.63, 3.8) is 0 Å². The molecular formula is C44H49N7O4S. The number of hydrogen-bond acceptors (Lipinski definition) is 8. The number of nitrogens with zero attached hydrogens (tertiary/aromatic N) is 5. The van der Waals surface area contributed by atoms with Gasteiger partial charge in [0.05, 0.1) is 16.4 Å². The number of carboxylic acids is 1. The second kappa shape index (κ2) is 13.2. The van der Waals surface area contributed by atoms with Crippen molar-refractivity contribution in [1.82, 2.24) is 25.1 Å². The number of rotatable bonds is 10. The second-order valence-electron chi connectivity index (χ2n) is 18.0. The standard InChI is InChI=1S/C44H49N7O4S/c1-5-9-36(52)49-44-23-41(3)20-42(4,24-44)22-43(21-41,25-44)26-51-27(2)31(18-45-51)29-14-15-35(47-37(29)39(54)55)50-17-16-28-10-8-11-30(32(28)19-50)38(53)48-40-46-33-12-6-7-13-34(33)56-40/h6-8,10-15,18H,5,9,16-17,19-26H2,1-4H3,(H,49,52)(H,54,55)(H,46,48,53). The quantitative estimate of drug-likeness (QED) is 0.129. The van der Waals surface area contributed by atoms with Crippen LogP contribution in [0.2, 0.25) is 0 Å². The number of carboxylic acid groups (broad SMARTS) is 1. The SMILES string of the molecule is CCCC(=O)NC12CC3(C)CC(C)(CC(Cn4ncc(-c5ccc(N6CCc7cccc(C(=O)Nc8nc9ccccc9s8)c7C6)nc5C(=O)O)c4C)(C3)C1)C2. The van der Waals surface area contributed by atoms with E-state index in [2.05, 4.69) is 41.1 Å². The maximum atomic E-state index is 13.6. The van der Waals surface area contributed by atoms with E-state index in [1.807, 2.05) is 66.4 Å². The zero-order valence-corrected chi connectivity index (χ0v) is 33.4. The van der Waals surface area contributed by atoms with Gasteiger partial charge in [-0.1, -0.05) is 56.4 Å². The normalized spacial score (nSPS) is 26.3. The highest BCUT2D eigenvalue weighted by atomic mass is 32.1. The van der Waals surface area contributed by atoms with Crippen LogP contribution in [-0.2, 0) is 24.3 Å². The molecule has 290 valence electrons. The molecule has 0 saturated heterocycles. The molecular weight excluding hydrogens is 723 g/mol. The largest absolute Gasteiger partial charge is 0.476 e. The van der Waals surface area contributed by atoms with E-state index in [0.29, 0.717) is 48.0 Å². The van der Waals surface area contributed by atoms with Crippen molar-refractivity contribution in [2.75, 3.05) is 16.8 Å². The van der Waals surface area contributed by atoms with Crippen LogP contribution in [0.5, 0.6) is 0 Å². The fraction of sp³-hybridized carbons (Fsp3) is 0.455. The van der Waals surface area contributed by atoms with E-state index in [0.717, 1.165) is 77.7 Å². The molecule has 11 nitrogen and oxygen atoms in total. The molecule has 0 radical (unpaired) electrons. The predicted octanol–water partition coefficient (Wildman–Crippen LogP) is 8.41. The second-order valence-corrected chi connectivity index (χ2v) is 19.0. The number of aromatic nitrogens is 4. The summed E-state index contributed by atoms with van der Waals surface area (Å²) >= 11 is 1.44. The molecule has 3 N–H and O–H groups in total. The lowest BCUT2D eigenvalue weighted by Gasteiger charge is -2.69. The van der Waals surface area contributed by atoms with Crippen LogP contribution in [-0.4, -0.2) is 54.7 Å². The zero-order chi connectivity index (χ0) is 39.0. The van der Waals surface area contributed by atoms with Crippen LogP contribution < -0.4 is 15.5 Å². The third-order valence-electron chi connectivity index (χ3n) is 12.9. The Kier molecular flexibility index (Phi) is 8.64. The Morgan fingerprint density at radius 1 is 0.911 bits per heavy atom. The molecule has 4 bridgehead atoms. The van der Waals surface area contributed by atoms with E-state index in [4.69, 9.17) is 10.1 Å². The van der Waals surface area contributed by atoms with Crippen molar-refractivity contribution in [1.29, 1.82) is 0 Å². The molecule has 12 heteroatoms. The van der Waals surface area contributed by atoms with E-state index in [9.17, 15) is 19.5 Å². The number of pyridine rings is 1. The highest BCUT2D eigenvalue weighted by molar-refractivity contribution is 7.22. The Morgan fingerprint density at radius 3 is 2.45 bits per heavy atom. The molecule has 0 spiro atoms. The van der Waals surface area contributed by atoms with Gasteiger partial charge >= 0.3 is 5.97 Å². The number of fused-ring (bicyclic) bond motifs is 2. The Morgan fingerprint density at radius 2 is 1.70 bits per heavy atom. The number of amides is 2. The van der Waals surface area contributed by atoms with Gasteiger partial charge in [-0.05, 0) is 116 Å². The zero-order valence-electron chi connectivity index (χ0n) is 32.6. The fourth-order valence-corrected chi connectivity index (χ4v) is 13.0. The summed E-state index contributed by atoms with van der Waals surface area (Å²) in [5, 5.41) is 22.5. The number of para-hydroxylation sites is 1. The average Bonchev–Trinajstić information content (AvgIpc) is 3.70. The molecule has 10 rings (SSSR count). The number of nitrogens with one attached hydrogen (secondary N) is 2. The molecule has 2 aromatic carbocycles. The lowest BCUT2D eigenvalue weighted by Crippen LogP contribution is -2.68. The van der Waals surface area contributed by atoms with Crippen LogP contribution in [0.15, 0.2) is 60.8 Å². The molecule has 5 aliphatic rings. The van der Waals surface area contributed by atoms with E-state index < -0.39 is 5.97 Å². The Bertz CT molecular complexity index is 2370. The molecule has 3 aromatic heterocycles. The van der Waals surface area contributed by atoms with Gasteiger partial charge in [-0.2, -0.15) is 5.10 Å². The smallest absolute Gasteiger partial charge is 0.355 e. The van der Waals surface area contributed by atoms with Gasteiger partial charge in [0.2, 0.25) is 5.91 Å². The van der Waals surface area contributed by atoms with Crippen LogP contribution in [0.25, 0.3) is 21.3 Å². The van der Waals surface area contributed by atoms with Crippen molar-refractivity contribution in [2.24, 2.45) is 16.2 Å². The van der Waals surface area contributed by atoms with E-state index >= 15 is 0 Å². The van der Waals surface area contributed by atoms with E-state index in [1.54, 1.807) is 6.20 Å².